The number of hydrogen-bond donors (Lipinski definition) is 1. The standard InChI is InChI=1S/C16H10ClN7O4S/c17-12-11(24(27)28)13(19-7-18-12)20-16-22-21-10(29-16)5-6-23-14(25)8-3-1-2-4-9(8)15(23)26/h1-4,7H,5-6H2,(H,18,19,20,22). The molecule has 1 N–H and O–H groups in total. The summed E-state index contributed by atoms with van der Waals surface area (Å²) in [6.07, 6.45) is 1.37. The maximum absolute atomic E-state index is 12.4. The Morgan fingerprint density at radius 3 is 2.48 bits per heavy atom. The lowest BCUT2D eigenvalue weighted by molar-refractivity contribution is -0.384. The number of hydrogen-bond acceptors (Lipinski definition) is 10. The van der Waals surface area contributed by atoms with Crippen LogP contribution < -0.4 is 5.32 Å². The molecule has 13 heteroatoms. The normalized spacial score (nSPS) is 12.9. The van der Waals surface area contributed by atoms with Gasteiger partial charge in [-0.2, -0.15) is 0 Å². The average Bonchev–Trinajstić information content (AvgIpc) is 3.23. The third-order valence-corrected chi connectivity index (χ3v) is 5.25. The molecule has 4 rings (SSSR count). The zero-order valence-electron chi connectivity index (χ0n) is 14.4. The summed E-state index contributed by atoms with van der Waals surface area (Å²) in [7, 11) is 0. The van der Waals surface area contributed by atoms with Crippen molar-refractivity contribution in [3.63, 3.8) is 0 Å². The minimum atomic E-state index is -0.700. The zero-order valence-corrected chi connectivity index (χ0v) is 16.0. The third kappa shape index (κ3) is 3.50. The number of carbonyl (C=O) groups is 2. The van der Waals surface area contributed by atoms with Crippen molar-refractivity contribution in [2.75, 3.05) is 11.9 Å². The number of nitrogens with zero attached hydrogens (tertiary/aromatic N) is 6. The van der Waals surface area contributed by atoms with Crippen LogP contribution in [0.1, 0.15) is 25.7 Å². The molecular weight excluding hydrogens is 422 g/mol. The van der Waals surface area contributed by atoms with E-state index in [2.05, 4.69) is 25.5 Å². The fraction of sp³-hybridized carbons (Fsp3) is 0.125. The van der Waals surface area contributed by atoms with Crippen LogP contribution in [0.2, 0.25) is 5.15 Å². The zero-order chi connectivity index (χ0) is 20.5. The highest BCUT2D eigenvalue weighted by atomic mass is 35.5. The summed E-state index contributed by atoms with van der Waals surface area (Å²) >= 11 is 6.86. The van der Waals surface area contributed by atoms with Crippen LogP contribution in [0.15, 0.2) is 30.6 Å². The van der Waals surface area contributed by atoms with Crippen LogP contribution in [-0.2, 0) is 6.42 Å². The van der Waals surface area contributed by atoms with Crippen LogP contribution in [0, 0.1) is 10.1 Å². The van der Waals surface area contributed by atoms with Crippen LogP contribution >= 0.6 is 22.9 Å². The topological polar surface area (TPSA) is 144 Å². The number of aromatic nitrogens is 4. The Labute approximate surface area is 171 Å². The van der Waals surface area contributed by atoms with E-state index in [1.807, 2.05) is 0 Å². The SMILES string of the molecule is O=C1c2ccccc2C(=O)N1CCc1nnc(Nc2ncnc(Cl)c2[N+](=O)[O-])s1. The molecular formula is C16H10ClN7O4S. The van der Waals surface area contributed by atoms with Gasteiger partial charge in [0.2, 0.25) is 16.1 Å². The molecule has 0 bridgehead atoms. The van der Waals surface area contributed by atoms with E-state index in [1.54, 1.807) is 24.3 Å². The second-order valence-corrected chi connectivity index (χ2v) is 7.22. The molecule has 29 heavy (non-hydrogen) atoms. The van der Waals surface area contributed by atoms with Gasteiger partial charge >= 0.3 is 5.69 Å². The fourth-order valence-corrected chi connectivity index (χ4v) is 3.70. The highest BCUT2D eigenvalue weighted by molar-refractivity contribution is 7.15. The second-order valence-electron chi connectivity index (χ2n) is 5.80. The van der Waals surface area contributed by atoms with Gasteiger partial charge < -0.3 is 5.32 Å². The van der Waals surface area contributed by atoms with E-state index in [9.17, 15) is 19.7 Å². The van der Waals surface area contributed by atoms with Crippen molar-refractivity contribution < 1.29 is 14.5 Å². The van der Waals surface area contributed by atoms with Crippen LogP contribution in [0.5, 0.6) is 0 Å². The summed E-state index contributed by atoms with van der Waals surface area (Å²) in [6.45, 7) is 0.139. The first-order chi connectivity index (χ1) is 14.0. The minimum absolute atomic E-state index is 0.113. The summed E-state index contributed by atoms with van der Waals surface area (Å²) in [5.74, 6) is -0.808. The first-order valence-electron chi connectivity index (χ1n) is 8.15. The van der Waals surface area contributed by atoms with Crippen molar-refractivity contribution in [1.29, 1.82) is 0 Å². The Bertz CT molecular complexity index is 1120. The van der Waals surface area contributed by atoms with Gasteiger partial charge in [-0.05, 0) is 12.1 Å². The molecule has 1 aliphatic rings. The Hall–Kier alpha value is -3.51. The molecule has 1 aromatic carbocycles. The summed E-state index contributed by atoms with van der Waals surface area (Å²) in [6, 6.07) is 6.63. The number of carbonyl (C=O) groups excluding carboxylic acids is 2. The van der Waals surface area contributed by atoms with E-state index in [0.717, 1.165) is 22.6 Å². The molecule has 11 nitrogen and oxygen atoms in total. The van der Waals surface area contributed by atoms with Crippen LogP contribution in [0.3, 0.4) is 0 Å². The summed E-state index contributed by atoms with van der Waals surface area (Å²) in [5.41, 5.74) is 0.284. The Morgan fingerprint density at radius 1 is 1.14 bits per heavy atom. The van der Waals surface area contributed by atoms with Crippen molar-refractivity contribution in [3.05, 3.63) is 62.0 Å². The lowest BCUT2D eigenvalue weighted by atomic mass is 10.1. The average molecular weight is 432 g/mol. The second kappa shape index (κ2) is 7.48. The maximum Gasteiger partial charge on any atom is 0.348 e. The van der Waals surface area contributed by atoms with E-state index in [1.165, 1.54) is 0 Å². The Kier molecular flexibility index (Phi) is 4.86. The maximum atomic E-state index is 12.4. The van der Waals surface area contributed by atoms with Gasteiger partial charge in [0.15, 0.2) is 0 Å². The molecule has 0 radical (unpaired) electrons. The van der Waals surface area contributed by atoms with Crippen molar-refractivity contribution in [2.24, 2.45) is 0 Å². The van der Waals surface area contributed by atoms with Gasteiger partial charge in [0.05, 0.1) is 16.1 Å². The fourth-order valence-electron chi connectivity index (χ4n) is 2.77. The van der Waals surface area contributed by atoms with Crippen molar-refractivity contribution in [2.45, 2.75) is 6.42 Å². The first kappa shape index (κ1) is 18.8. The van der Waals surface area contributed by atoms with Crippen LogP contribution in [-0.4, -0.2) is 48.3 Å². The van der Waals surface area contributed by atoms with Gasteiger partial charge in [0.1, 0.15) is 11.3 Å². The lowest BCUT2D eigenvalue weighted by Gasteiger charge is -2.12. The Morgan fingerprint density at radius 2 is 1.83 bits per heavy atom. The van der Waals surface area contributed by atoms with Gasteiger partial charge in [-0.1, -0.05) is 35.1 Å². The molecule has 2 aromatic heterocycles. The van der Waals surface area contributed by atoms with Gasteiger partial charge in [-0.3, -0.25) is 24.6 Å². The molecule has 146 valence electrons. The number of imide groups is 1. The molecule has 0 spiro atoms. The summed E-state index contributed by atoms with van der Waals surface area (Å²) in [4.78, 5) is 43.8. The minimum Gasteiger partial charge on any atom is -0.309 e. The third-order valence-electron chi connectivity index (χ3n) is 4.08. The van der Waals surface area contributed by atoms with Gasteiger partial charge in [-0.15, -0.1) is 10.2 Å². The molecule has 0 unspecified atom stereocenters. The van der Waals surface area contributed by atoms with E-state index in [0.29, 0.717) is 16.1 Å². The van der Waals surface area contributed by atoms with Crippen LogP contribution in [0.4, 0.5) is 16.6 Å². The van der Waals surface area contributed by atoms with E-state index < -0.39 is 10.6 Å². The van der Waals surface area contributed by atoms with Crippen LogP contribution in [0.25, 0.3) is 0 Å². The molecule has 0 atom stereocenters. The van der Waals surface area contributed by atoms with Crippen molar-refractivity contribution in [1.82, 2.24) is 25.1 Å². The predicted octanol–water partition coefficient (Wildman–Crippen LogP) is 2.47. The molecule has 0 saturated heterocycles. The van der Waals surface area contributed by atoms with Gasteiger partial charge in [0.25, 0.3) is 11.8 Å². The molecule has 0 fully saturated rings. The first-order valence-corrected chi connectivity index (χ1v) is 9.34. The molecule has 0 saturated carbocycles. The van der Waals surface area contributed by atoms with Gasteiger partial charge in [0, 0.05) is 13.0 Å². The predicted molar refractivity (Wildman–Crippen MR) is 102 cm³/mol. The summed E-state index contributed by atoms with van der Waals surface area (Å²) < 4.78 is 0. The quantitative estimate of drug-likeness (QED) is 0.269. The highest BCUT2D eigenvalue weighted by Gasteiger charge is 2.34. The molecule has 3 aromatic rings. The number of amides is 2. The number of anilines is 2. The van der Waals surface area contributed by atoms with E-state index in [4.69, 9.17) is 11.6 Å². The number of nitro groups is 1. The number of benzene rings is 1. The molecule has 3 heterocycles. The molecule has 2 amide bonds. The van der Waals surface area contributed by atoms with Gasteiger partial charge in [-0.25, -0.2) is 9.97 Å². The number of halogens is 1. The lowest BCUT2D eigenvalue weighted by Crippen LogP contribution is -2.31. The highest BCUT2D eigenvalue weighted by Crippen LogP contribution is 2.31. The smallest absolute Gasteiger partial charge is 0.309 e. The van der Waals surface area contributed by atoms with Crippen molar-refractivity contribution >= 4 is 51.4 Å². The Balaban J connectivity index is 1.45. The monoisotopic (exact) mass is 431 g/mol. The largest absolute Gasteiger partial charge is 0.348 e. The van der Waals surface area contributed by atoms with E-state index >= 15 is 0 Å². The number of nitrogens with one attached hydrogen (secondary N) is 1. The van der Waals surface area contributed by atoms with Crippen molar-refractivity contribution in [3.8, 4) is 0 Å². The van der Waals surface area contributed by atoms with E-state index in [-0.39, 0.29) is 40.9 Å². The number of fused-ring (bicyclic) bond motifs is 1. The number of rotatable bonds is 6. The molecule has 1 aliphatic heterocycles. The summed E-state index contributed by atoms with van der Waals surface area (Å²) in [5, 5.41) is 22.2. The molecule has 0 aliphatic carbocycles.